The standard InChI is InChI=1S/C16H23FN2.C13H19N.C9H11N.C6H14.C2H6/c1-5-15(13(3)4)19(17)16(18-6-2)12-14-10-8-7-9-11-14;1-3-8-13(14-4-2)11-12-9-6-5-7-10-12;1-8(10)7-9-5-3-2-4-6-9;1-5-6(2,3)4;1-2/h5-11,13,15-16,18H,1-2,12H2,3-4H3;4-7,9-10,13-14H,2-3,8,11H2,1H3;2-6H,1,7,10H2;5H2,1-4H3;1-2H3. The second kappa shape index (κ2) is 30.7. The average molecular weight is 701 g/mol. The number of nitrogens with two attached hydrogens (primary N) is 1. The zero-order valence-corrected chi connectivity index (χ0v) is 33.7. The van der Waals surface area contributed by atoms with Crippen molar-refractivity contribution in [1.82, 2.24) is 15.8 Å². The summed E-state index contributed by atoms with van der Waals surface area (Å²) in [6.45, 7) is 33.8. The number of benzene rings is 3. The summed E-state index contributed by atoms with van der Waals surface area (Å²) in [5, 5.41) is 7.09. The molecule has 0 fully saturated rings. The van der Waals surface area contributed by atoms with Crippen LogP contribution in [0, 0.1) is 11.3 Å². The van der Waals surface area contributed by atoms with Crippen LogP contribution in [0.15, 0.2) is 141 Å². The van der Waals surface area contributed by atoms with Crippen LogP contribution in [0.25, 0.3) is 0 Å². The first kappa shape index (κ1) is 49.0. The Bertz CT molecular complexity index is 1250. The maximum atomic E-state index is 14.5. The highest BCUT2D eigenvalue weighted by Gasteiger charge is 2.26. The van der Waals surface area contributed by atoms with Gasteiger partial charge in [-0.1, -0.05) is 192 Å². The molecule has 0 aromatic heterocycles. The van der Waals surface area contributed by atoms with Crippen molar-refractivity contribution < 1.29 is 4.48 Å². The first-order chi connectivity index (χ1) is 24.3. The van der Waals surface area contributed by atoms with Gasteiger partial charge in [0.25, 0.3) is 0 Å². The Balaban J connectivity index is 0. The maximum Gasteiger partial charge on any atom is 0.112 e. The van der Waals surface area contributed by atoms with E-state index in [2.05, 4.69) is 102 Å². The third-order valence-electron chi connectivity index (χ3n) is 7.74. The molecule has 3 aromatic carbocycles. The predicted molar refractivity (Wildman–Crippen MR) is 226 cm³/mol. The predicted octanol–water partition coefficient (Wildman–Crippen LogP) is 12.0. The Hall–Kier alpha value is -4.09. The lowest BCUT2D eigenvalue weighted by Gasteiger charge is -2.31. The van der Waals surface area contributed by atoms with E-state index in [1.165, 1.54) is 36.6 Å². The highest BCUT2D eigenvalue weighted by Crippen LogP contribution is 2.18. The van der Waals surface area contributed by atoms with E-state index in [0.717, 1.165) is 23.5 Å². The summed E-state index contributed by atoms with van der Waals surface area (Å²) in [5.41, 5.74) is 10.4. The van der Waals surface area contributed by atoms with Gasteiger partial charge in [-0.25, -0.2) is 0 Å². The second-order valence-electron chi connectivity index (χ2n) is 13.7. The maximum absolute atomic E-state index is 14.5. The fourth-order valence-corrected chi connectivity index (χ4v) is 4.57. The van der Waals surface area contributed by atoms with Crippen molar-refractivity contribution in [2.45, 2.75) is 119 Å². The van der Waals surface area contributed by atoms with Gasteiger partial charge in [-0.2, -0.15) is 0 Å². The minimum absolute atomic E-state index is 0.160. The van der Waals surface area contributed by atoms with Crippen molar-refractivity contribution in [1.29, 1.82) is 0 Å². The molecular formula is C46H73FN4. The highest BCUT2D eigenvalue weighted by molar-refractivity contribution is 5.19. The van der Waals surface area contributed by atoms with Gasteiger partial charge in [0.2, 0.25) is 0 Å². The van der Waals surface area contributed by atoms with Crippen molar-refractivity contribution in [3.63, 3.8) is 0 Å². The van der Waals surface area contributed by atoms with E-state index in [0.29, 0.717) is 23.6 Å². The quantitative estimate of drug-likeness (QED) is 0.0791. The smallest absolute Gasteiger partial charge is 0.112 e. The molecule has 4 nitrogen and oxygen atoms in total. The minimum atomic E-state index is -0.440. The van der Waals surface area contributed by atoms with Crippen LogP contribution in [0.4, 0.5) is 4.48 Å². The topological polar surface area (TPSA) is 53.3 Å². The first-order valence-electron chi connectivity index (χ1n) is 18.7. The fourth-order valence-electron chi connectivity index (χ4n) is 4.57. The Morgan fingerprint density at radius 3 is 1.51 bits per heavy atom. The lowest BCUT2D eigenvalue weighted by Crippen LogP contribution is -2.46. The van der Waals surface area contributed by atoms with Crippen molar-refractivity contribution in [3.8, 4) is 0 Å². The van der Waals surface area contributed by atoms with Gasteiger partial charge >= 0.3 is 0 Å². The molecule has 5 heteroatoms. The van der Waals surface area contributed by atoms with Crippen LogP contribution in [-0.2, 0) is 19.3 Å². The molecule has 0 amide bonds. The van der Waals surface area contributed by atoms with Gasteiger partial charge in [0.1, 0.15) is 6.17 Å². The average Bonchev–Trinajstić information content (AvgIpc) is 3.11. The van der Waals surface area contributed by atoms with Gasteiger partial charge in [0.05, 0.1) is 6.04 Å². The molecule has 3 aromatic rings. The van der Waals surface area contributed by atoms with Crippen molar-refractivity contribution >= 4 is 0 Å². The van der Waals surface area contributed by atoms with E-state index >= 15 is 0 Å². The van der Waals surface area contributed by atoms with E-state index in [1.54, 1.807) is 12.3 Å². The summed E-state index contributed by atoms with van der Waals surface area (Å²) < 4.78 is 14.5. The summed E-state index contributed by atoms with van der Waals surface area (Å²) >= 11 is 0. The second-order valence-corrected chi connectivity index (χ2v) is 13.7. The van der Waals surface area contributed by atoms with Crippen molar-refractivity contribution in [3.05, 3.63) is 158 Å². The van der Waals surface area contributed by atoms with Crippen LogP contribution in [0.1, 0.15) is 98.3 Å². The molecular weight excluding hydrogens is 628 g/mol. The number of nitrogens with one attached hydrogen (secondary N) is 2. The Kier molecular flexibility index (Phi) is 29.5. The van der Waals surface area contributed by atoms with Crippen LogP contribution in [0.5, 0.6) is 0 Å². The Morgan fingerprint density at radius 1 is 0.765 bits per heavy atom. The summed E-state index contributed by atoms with van der Waals surface area (Å²) in [7, 11) is 0. The normalized spacial score (nSPS) is 11.9. The molecule has 0 saturated carbocycles. The van der Waals surface area contributed by atoms with Gasteiger partial charge in [0, 0.05) is 24.6 Å². The molecule has 0 heterocycles. The largest absolute Gasteiger partial charge is 0.402 e. The minimum Gasteiger partial charge on any atom is -0.402 e. The number of hydrogen-bond donors (Lipinski definition) is 3. The Labute approximate surface area is 313 Å². The van der Waals surface area contributed by atoms with Gasteiger partial charge in [0.15, 0.2) is 0 Å². The monoisotopic (exact) mass is 701 g/mol. The lowest BCUT2D eigenvalue weighted by atomic mass is 9.94. The summed E-state index contributed by atoms with van der Waals surface area (Å²) in [6.07, 6.45) is 10.6. The fraction of sp³-hybridized carbons (Fsp3) is 0.435. The molecule has 0 aliphatic heterocycles. The number of rotatable bonds is 16. The SMILES string of the molecule is C=C(N)Cc1ccccc1.C=CNC(CCC)Cc1ccccc1.C=CNC(Cc1ccccc1)N(F)C(C=C)C(C)C.CC.CCC(C)(C)C. The zero-order valence-electron chi connectivity index (χ0n) is 33.7. The van der Waals surface area contributed by atoms with Crippen LogP contribution in [-0.4, -0.2) is 23.4 Å². The van der Waals surface area contributed by atoms with Gasteiger partial charge < -0.3 is 16.4 Å². The van der Waals surface area contributed by atoms with Crippen LogP contribution in [0.2, 0.25) is 0 Å². The van der Waals surface area contributed by atoms with Crippen molar-refractivity contribution in [2.24, 2.45) is 17.1 Å². The zero-order chi connectivity index (χ0) is 39.1. The molecule has 0 spiro atoms. The number of allylic oxidation sites excluding steroid dienone is 1. The van der Waals surface area contributed by atoms with E-state index in [1.807, 2.05) is 88.4 Å². The van der Waals surface area contributed by atoms with Crippen molar-refractivity contribution in [2.75, 3.05) is 0 Å². The molecule has 51 heavy (non-hydrogen) atoms. The van der Waals surface area contributed by atoms with Crippen LogP contribution in [0.3, 0.4) is 0 Å². The van der Waals surface area contributed by atoms with E-state index < -0.39 is 6.17 Å². The molecule has 0 saturated heterocycles. The van der Waals surface area contributed by atoms with E-state index in [9.17, 15) is 4.48 Å². The number of nitrogens with zero attached hydrogens (tertiary/aromatic N) is 1. The molecule has 3 rings (SSSR count). The van der Waals surface area contributed by atoms with Crippen LogP contribution >= 0.6 is 0 Å². The molecule has 4 N–H and O–H groups in total. The highest BCUT2D eigenvalue weighted by atomic mass is 19.2. The molecule has 0 aliphatic carbocycles. The van der Waals surface area contributed by atoms with Gasteiger partial charge in [-0.05, 0) is 53.3 Å². The third-order valence-corrected chi connectivity index (χ3v) is 7.74. The van der Waals surface area contributed by atoms with Gasteiger partial charge in [-0.15, -0.1) is 16.2 Å². The van der Waals surface area contributed by atoms with E-state index in [-0.39, 0.29) is 12.0 Å². The summed E-state index contributed by atoms with van der Waals surface area (Å²) in [5.74, 6) is 0.160. The summed E-state index contributed by atoms with van der Waals surface area (Å²) in [4.78, 5) is 0. The lowest BCUT2D eigenvalue weighted by molar-refractivity contribution is -0.0691. The van der Waals surface area contributed by atoms with Gasteiger partial charge in [-0.3, -0.25) is 0 Å². The third kappa shape index (κ3) is 26.4. The molecule has 0 aliphatic rings. The number of hydrogen-bond acceptors (Lipinski definition) is 4. The molecule has 0 radical (unpaired) electrons. The van der Waals surface area contributed by atoms with E-state index in [4.69, 9.17) is 5.73 Å². The first-order valence-corrected chi connectivity index (χ1v) is 18.7. The number of halogens is 1. The molecule has 3 atom stereocenters. The summed E-state index contributed by atoms with van der Waals surface area (Å²) in [6, 6.07) is 30.7. The molecule has 0 bridgehead atoms. The Morgan fingerprint density at radius 2 is 1.18 bits per heavy atom. The van der Waals surface area contributed by atoms with Crippen LogP contribution < -0.4 is 16.4 Å². The molecule has 284 valence electrons. The molecule has 3 unspecified atom stereocenters.